The van der Waals surface area contributed by atoms with Gasteiger partial charge >= 0.3 is 5.69 Å². The number of halogens is 1. The third-order valence-electron chi connectivity index (χ3n) is 10.5. The second-order valence-electron chi connectivity index (χ2n) is 13.1. The summed E-state index contributed by atoms with van der Waals surface area (Å²) in [6.45, 7) is 2.54. The molecule has 2 aliphatic heterocycles. The second kappa shape index (κ2) is 9.79. The Labute approximate surface area is 233 Å². The number of anilines is 1. The second-order valence-corrected chi connectivity index (χ2v) is 13.1. The minimum Gasteiger partial charge on any atom is -0.381 e. The number of para-hydroxylation sites is 2. The third-order valence-corrected chi connectivity index (χ3v) is 10.5. The minimum absolute atomic E-state index is 0.0260. The lowest BCUT2D eigenvalue weighted by molar-refractivity contribution is -0.0779. The van der Waals surface area contributed by atoms with Crippen molar-refractivity contribution in [1.82, 2.24) is 24.0 Å². The van der Waals surface area contributed by atoms with E-state index in [0.717, 1.165) is 53.8 Å². The van der Waals surface area contributed by atoms with Crippen molar-refractivity contribution in [2.45, 2.75) is 108 Å². The molecular formula is C31H39FN6O2. The van der Waals surface area contributed by atoms with Gasteiger partial charge in [0.05, 0.1) is 17.2 Å². The van der Waals surface area contributed by atoms with Gasteiger partial charge in [-0.05, 0) is 69.4 Å². The molecule has 1 aromatic carbocycles. The average Bonchev–Trinajstić information content (AvgIpc) is 3.23. The Morgan fingerprint density at radius 2 is 1.55 bits per heavy atom. The van der Waals surface area contributed by atoms with Gasteiger partial charge in [-0.1, -0.05) is 50.7 Å². The minimum atomic E-state index is -0.857. The SMILES string of the molecule is CC1(N2C3CCCC2CC(n2c(=O)c(-n4cc(F)c(N)nc4=O)nc4ccccc42)C3)CC2CCCC(CC2)C1. The summed E-state index contributed by atoms with van der Waals surface area (Å²) >= 11 is 0. The summed E-state index contributed by atoms with van der Waals surface area (Å²) in [5.41, 5.74) is 5.86. The number of nitrogen functional groups attached to an aromatic ring is 1. The molecule has 4 unspecified atom stereocenters. The number of nitrogens with two attached hydrogens (primary N) is 1. The molecule has 40 heavy (non-hydrogen) atoms. The summed E-state index contributed by atoms with van der Waals surface area (Å²) in [6, 6.07) is 8.35. The van der Waals surface area contributed by atoms with Crippen LogP contribution >= 0.6 is 0 Å². The Bertz CT molecular complexity index is 1540. The number of hydrogen-bond donors (Lipinski definition) is 1. The van der Waals surface area contributed by atoms with Gasteiger partial charge < -0.3 is 10.3 Å². The van der Waals surface area contributed by atoms with Crippen molar-refractivity contribution in [3.8, 4) is 5.82 Å². The number of hydrogen-bond acceptors (Lipinski definition) is 6. The Balaban J connectivity index is 1.30. The zero-order chi connectivity index (χ0) is 27.6. The van der Waals surface area contributed by atoms with Gasteiger partial charge in [0.15, 0.2) is 11.6 Å². The monoisotopic (exact) mass is 546 g/mol. The van der Waals surface area contributed by atoms with Gasteiger partial charge in [0.2, 0.25) is 5.82 Å². The molecule has 9 heteroatoms. The summed E-state index contributed by atoms with van der Waals surface area (Å²) in [4.78, 5) is 37.8. The van der Waals surface area contributed by atoms with E-state index in [1.165, 1.54) is 51.4 Å². The maximum Gasteiger partial charge on any atom is 0.355 e. The molecule has 0 radical (unpaired) electrons. The van der Waals surface area contributed by atoms with Crippen molar-refractivity contribution in [2.24, 2.45) is 11.8 Å². The highest BCUT2D eigenvalue weighted by Gasteiger charge is 2.50. The average molecular weight is 547 g/mol. The first-order chi connectivity index (χ1) is 19.3. The van der Waals surface area contributed by atoms with E-state index in [1.54, 1.807) is 0 Å². The molecule has 2 aromatic heterocycles. The van der Waals surface area contributed by atoms with Gasteiger partial charge in [-0.15, -0.1) is 0 Å². The number of rotatable bonds is 3. The quantitative estimate of drug-likeness (QED) is 0.498. The number of aromatic nitrogens is 4. The first-order valence-electron chi connectivity index (χ1n) is 15.2. The molecule has 4 atom stereocenters. The zero-order valence-corrected chi connectivity index (χ0v) is 23.3. The Kier molecular flexibility index (Phi) is 6.33. The zero-order valence-electron chi connectivity index (χ0n) is 23.3. The summed E-state index contributed by atoms with van der Waals surface area (Å²) in [6.07, 6.45) is 15.7. The molecule has 7 rings (SSSR count). The normalized spacial score (nSPS) is 32.6. The molecule has 4 heterocycles. The van der Waals surface area contributed by atoms with Gasteiger partial charge in [-0.3, -0.25) is 9.69 Å². The highest BCUT2D eigenvalue weighted by atomic mass is 19.1. The summed E-state index contributed by atoms with van der Waals surface area (Å²) in [5.74, 6) is 0.185. The Morgan fingerprint density at radius 3 is 2.25 bits per heavy atom. The van der Waals surface area contributed by atoms with Crippen LogP contribution in [0.15, 0.2) is 40.1 Å². The van der Waals surface area contributed by atoms with E-state index in [0.29, 0.717) is 17.6 Å². The van der Waals surface area contributed by atoms with Crippen molar-refractivity contribution in [3.05, 3.63) is 57.1 Å². The van der Waals surface area contributed by atoms with Crippen LogP contribution in [0.1, 0.15) is 90.0 Å². The molecule has 8 nitrogen and oxygen atoms in total. The fourth-order valence-electron chi connectivity index (χ4n) is 9.10. The molecule has 4 bridgehead atoms. The van der Waals surface area contributed by atoms with E-state index >= 15 is 0 Å². The fourth-order valence-corrected chi connectivity index (χ4v) is 9.10. The first-order valence-corrected chi connectivity index (χ1v) is 15.2. The van der Waals surface area contributed by atoms with Gasteiger partial charge in [0.1, 0.15) is 0 Å². The van der Waals surface area contributed by atoms with E-state index in [2.05, 4.69) is 21.8 Å². The summed E-state index contributed by atoms with van der Waals surface area (Å²) in [7, 11) is 0. The number of fused-ring (bicyclic) bond motifs is 6. The molecule has 2 N–H and O–H groups in total. The van der Waals surface area contributed by atoms with Crippen molar-refractivity contribution in [2.75, 3.05) is 5.73 Å². The van der Waals surface area contributed by atoms with E-state index in [-0.39, 0.29) is 17.4 Å². The number of piperidine rings is 2. The highest BCUT2D eigenvalue weighted by Crippen LogP contribution is 2.50. The molecule has 2 aliphatic carbocycles. The highest BCUT2D eigenvalue weighted by molar-refractivity contribution is 5.75. The third kappa shape index (κ3) is 4.28. The standard InChI is InChI=1S/C31H39FN6O2/c1-31(16-19-6-4-7-20(17-31)13-12-19)38-21-8-5-9-22(38)15-23(14-21)37-26-11-3-2-10-25(26)34-28(29(37)39)36-18-24(32)27(33)35-30(36)40/h2-3,10-11,18-23H,4-9,12-17H2,1H3,(H2,33,35,40). The molecule has 212 valence electrons. The van der Waals surface area contributed by atoms with E-state index in [4.69, 9.17) is 5.73 Å². The van der Waals surface area contributed by atoms with E-state index in [9.17, 15) is 14.0 Å². The van der Waals surface area contributed by atoms with Crippen LogP contribution in [0.4, 0.5) is 10.2 Å². The topological polar surface area (TPSA) is 99.0 Å². The van der Waals surface area contributed by atoms with Crippen LogP contribution in [0.5, 0.6) is 0 Å². The van der Waals surface area contributed by atoms with Crippen LogP contribution in [0, 0.1) is 17.7 Å². The van der Waals surface area contributed by atoms with Crippen molar-refractivity contribution in [3.63, 3.8) is 0 Å². The summed E-state index contributed by atoms with van der Waals surface area (Å²) < 4.78 is 17.1. The molecular weight excluding hydrogens is 507 g/mol. The number of nitrogens with zero attached hydrogens (tertiary/aromatic N) is 5. The molecule has 2 saturated heterocycles. The van der Waals surface area contributed by atoms with Crippen LogP contribution < -0.4 is 17.0 Å². The van der Waals surface area contributed by atoms with Gasteiger partial charge in [0, 0.05) is 23.7 Å². The lowest BCUT2D eigenvalue weighted by Crippen LogP contribution is -2.62. The van der Waals surface area contributed by atoms with Gasteiger partial charge in [-0.25, -0.2) is 18.7 Å². The lowest BCUT2D eigenvalue weighted by atomic mass is 9.72. The number of benzene rings is 1. The Hall–Kier alpha value is -3.07. The van der Waals surface area contributed by atoms with Crippen LogP contribution in [-0.4, -0.2) is 41.6 Å². The van der Waals surface area contributed by atoms with Crippen molar-refractivity contribution in [1.29, 1.82) is 0 Å². The van der Waals surface area contributed by atoms with Crippen molar-refractivity contribution < 1.29 is 4.39 Å². The van der Waals surface area contributed by atoms with Gasteiger partial charge in [0.25, 0.3) is 5.56 Å². The first kappa shape index (κ1) is 25.9. The van der Waals surface area contributed by atoms with Crippen LogP contribution in [-0.2, 0) is 0 Å². The van der Waals surface area contributed by atoms with Crippen molar-refractivity contribution >= 4 is 16.9 Å². The molecule has 0 spiro atoms. The van der Waals surface area contributed by atoms with E-state index < -0.39 is 22.9 Å². The fraction of sp³-hybridized carbons (Fsp3) is 0.613. The largest absolute Gasteiger partial charge is 0.381 e. The molecule has 0 amide bonds. The van der Waals surface area contributed by atoms with Crippen LogP contribution in [0.2, 0.25) is 0 Å². The van der Waals surface area contributed by atoms with Crippen LogP contribution in [0.3, 0.4) is 0 Å². The Morgan fingerprint density at radius 1 is 0.900 bits per heavy atom. The molecule has 4 fully saturated rings. The molecule has 4 aliphatic rings. The predicted octanol–water partition coefficient (Wildman–Crippen LogP) is 4.97. The van der Waals surface area contributed by atoms with E-state index in [1.807, 2.05) is 28.8 Å². The smallest absolute Gasteiger partial charge is 0.355 e. The van der Waals surface area contributed by atoms with Crippen LogP contribution in [0.25, 0.3) is 16.9 Å². The predicted molar refractivity (Wildman–Crippen MR) is 153 cm³/mol. The molecule has 3 aromatic rings. The van der Waals surface area contributed by atoms with Gasteiger partial charge in [-0.2, -0.15) is 4.98 Å². The maximum atomic E-state index is 14.4. The maximum absolute atomic E-state index is 14.4. The lowest BCUT2D eigenvalue weighted by Gasteiger charge is -2.58. The molecule has 2 saturated carbocycles. The summed E-state index contributed by atoms with van der Waals surface area (Å²) in [5, 5.41) is 0.